The maximum absolute atomic E-state index is 10.7. The molecule has 0 radical (unpaired) electrons. The SMILES string of the molecule is CCC(=O)C(=S)C(C)=S. The number of hydrogen-bond donors (Lipinski definition) is 0. The summed E-state index contributed by atoms with van der Waals surface area (Å²) in [5.41, 5.74) is 0. The Kier molecular flexibility index (Phi) is 3.73. The van der Waals surface area contributed by atoms with Gasteiger partial charge in [0, 0.05) is 11.3 Å². The molecule has 0 bridgehead atoms. The van der Waals surface area contributed by atoms with Gasteiger partial charge in [-0.1, -0.05) is 31.4 Å². The molecule has 1 nitrogen and oxygen atoms in total. The third-order valence-corrected chi connectivity index (χ3v) is 1.76. The lowest BCUT2D eigenvalue weighted by Gasteiger charge is -1.93. The lowest BCUT2D eigenvalue weighted by atomic mass is 10.2. The number of carbonyl (C=O) groups excluding carboxylic acids is 1. The number of Topliss-reactive ketones (excluding diaryl/α,β-unsaturated/α-hetero) is 1. The molecule has 0 amide bonds. The first kappa shape index (κ1) is 8.85. The molecule has 0 heterocycles. The van der Waals surface area contributed by atoms with E-state index in [1.165, 1.54) is 0 Å². The molecular formula is C6H8OS2. The van der Waals surface area contributed by atoms with E-state index in [-0.39, 0.29) is 5.78 Å². The van der Waals surface area contributed by atoms with Crippen molar-refractivity contribution in [2.75, 3.05) is 0 Å². The van der Waals surface area contributed by atoms with E-state index in [9.17, 15) is 4.79 Å². The van der Waals surface area contributed by atoms with Crippen LogP contribution in [-0.4, -0.2) is 15.5 Å². The molecular weight excluding hydrogens is 152 g/mol. The van der Waals surface area contributed by atoms with Crippen molar-refractivity contribution in [3.05, 3.63) is 0 Å². The molecule has 0 aliphatic rings. The predicted molar refractivity (Wildman–Crippen MR) is 46.2 cm³/mol. The highest BCUT2D eigenvalue weighted by molar-refractivity contribution is 7.90. The molecule has 0 atom stereocenters. The molecule has 0 unspecified atom stereocenters. The van der Waals surface area contributed by atoms with Gasteiger partial charge in [0.25, 0.3) is 0 Å². The minimum absolute atomic E-state index is 0.0301. The van der Waals surface area contributed by atoms with Crippen LogP contribution in [0.2, 0.25) is 0 Å². The standard InChI is InChI=1S/C6H8OS2/c1-3-5(7)6(9)4(2)8/h3H2,1-2H3. The molecule has 3 heteroatoms. The number of hydrogen-bond acceptors (Lipinski definition) is 3. The Bertz CT molecular complexity index is 160. The average Bonchev–Trinajstić information content (AvgIpc) is 1.84. The first-order valence-electron chi connectivity index (χ1n) is 2.67. The number of thiocarbonyl (C=S) groups is 2. The van der Waals surface area contributed by atoms with Crippen molar-refractivity contribution in [3.63, 3.8) is 0 Å². The Morgan fingerprint density at radius 2 is 1.89 bits per heavy atom. The van der Waals surface area contributed by atoms with E-state index in [0.29, 0.717) is 16.1 Å². The van der Waals surface area contributed by atoms with Crippen LogP contribution in [0.25, 0.3) is 0 Å². The van der Waals surface area contributed by atoms with Gasteiger partial charge in [0.2, 0.25) is 0 Å². The first-order chi connectivity index (χ1) is 4.09. The molecule has 0 spiro atoms. The van der Waals surface area contributed by atoms with E-state index in [2.05, 4.69) is 0 Å². The van der Waals surface area contributed by atoms with E-state index < -0.39 is 0 Å². The number of carbonyl (C=O) groups is 1. The van der Waals surface area contributed by atoms with Crippen LogP contribution in [0.3, 0.4) is 0 Å². The molecule has 0 aromatic heterocycles. The Labute approximate surface area is 65.4 Å². The van der Waals surface area contributed by atoms with Gasteiger partial charge < -0.3 is 0 Å². The highest BCUT2D eigenvalue weighted by Crippen LogP contribution is 1.90. The van der Waals surface area contributed by atoms with E-state index in [1.54, 1.807) is 13.8 Å². The van der Waals surface area contributed by atoms with Gasteiger partial charge in [-0.2, -0.15) is 0 Å². The molecule has 0 saturated carbocycles. The van der Waals surface area contributed by atoms with Gasteiger partial charge >= 0.3 is 0 Å². The summed E-state index contributed by atoms with van der Waals surface area (Å²) in [6.45, 7) is 3.44. The predicted octanol–water partition coefficient (Wildman–Crippen LogP) is 1.73. The summed E-state index contributed by atoms with van der Waals surface area (Å²) in [5, 5.41) is 0. The second-order valence-corrected chi connectivity index (χ2v) is 2.68. The van der Waals surface area contributed by atoms with Gasteiger partial charge in [0.15, 0.2) is 5.78 Å². The molecule has 0 rings (SSSR count). The van der Waals surface area contributed by atoms with Crippen LogP contribution in [0, 0.1) is 0 Å². The Balaban J connectivity index is 4.05. The molecule has 0 aliphatic heterocycles. The highest BCUT2D eigenvalue weighted by atomic mass is 32.1. The maximum Gasteiger partial charge on any atom is 0.174 e. The van der Waals surface area contributed by atoms with E-state index in [0.717, 1.165) is 0 Å². The monoisotopic (exact) mass is 160 g/mol. The summed E-state index contributed by atoms with van der Waals surface area (Å²) in [5.74, 6) is -0.0301. The van der Waals surface area contributed by atoms with Crippen molar-refractivity contribution in [3.8, 4) is 0 Å². The summed E-state index contributed by atoms with van der Waals surface area (Å²) in [6, 6.07) is 0. The van der Waals surface area contributed by atoms with Gasteiger partial charge in [-0.05, 0) is 6.92 Å². The first-order valence-corrected chi connectivity index (χ1v) is 3.49. The lowest BCUT2D eigenvalue weighted by molar-refractivity contribution is -0.112. The van der Waals surface area contributed by atoms with E-state index in [1.807, 2.05) is 0 Å². The summed E-state index contributed by atoms with van der Waals surface area (Å²) in [4.78, 5) is 11.6. The number of rotatable bonds is 3. The molecule has 0 saturated heterocycles. The molecule has 0 N–H and O–H groups in total. The largest absolute Gasteiger partial charge is 0.293 e. The van der Waals surface area contributed by atoms with Crippen molar-refractivity contribution in [2.24, 2.45) is 0 Å². The number of ketones is 1. The zero-order valence-electron chi connectivity index (χ0n) is 5.43. The molecule has 0 fully saturated rings. The highest BCUT2D eigenvalue weighted by Gasteiger charge is 2.06. The lowest BCUT2D eigenvalue weighted by Crippen LogP contribution is -2.16. The van der Waals surface area contributed by atoms with E-state index in [4.69, 9.17) is 24.4 Å². The van der Waals surface area contributed by atoms with E-state index >= 15 is 0 Å². The quantitative estimate of drug-likeness (QED) is 0.585. The van der Waals surface area contributed by atoms with Gasteiger partial charge in [-0.3, -0.25) is 4.79 Å². The van der Waals surface area contributed by atoms with Crippen molar-refractivity contribution in [1.29, 1.82) is 0 Å². The molecule has 0 aromatic carbocycles. The molecule has 0 aliphatic carbocycles. The van der Waals surface area contributed by atoms with Crippen LogP contribution in [0.4, 0.5) is 0 Å². The fourth-order valence-electron chi connectivity index (χ4n) is 0.357. The third kappa shape index (κ3) is 2.77. The van der Waals surface area contributed by atoms with Gasteiger partial charge in [0.05, 0.1) is 4.86 Å². The normalized spacial score (nSPS) is 8.67. The molecule has 0 aromatic rings. The van der Waals surface area contributed by atoms with Crippen LogP contribution in [-0.2, 0) is 4.79 Å². The maximum atomic E-state index is 10.7. The average molecular weight is 160 g/mol. The zero-order chi connectivity index (χ0) is 7.44. The second kappa shape index (κ2) is 3.80. The van der Waals surface area contributed by atoms with Crippen LogP contribution in [0.15, 0.2) is 0 Å². The second-order valence-electron chi connectivity index (χ2n) is 1.66. The van der Waals surface area contributed by atoms with Gasteiger partial charge in [-0.15, -0.1) is 0 Å². The van der Waals surface area contributed by atoms with Gasteiger partial charge in [0.1, 0.15) is 0 Å². The minimum atomic E-state index is -0.0301. The third-order valence-electron chi connectivity index (χ3n) is 0.894. The van der Waals surface area contributed by atoms with Gasteiger partial charge in [-0.25, -0.2) is 0 Å². The van der Waals surface area contributed by atoms with Crippen molar-refractivity contribution in [1.82, 2.24) is 0 Å². The van der Waals surface area contributed by atoms with Crippen molar-refractivity contribution in [2.45, 2.75) is 20.3 Å². The fourth-order valence-corrected chi connectivity index (χ4v) is 0.615. The summed E-state index contributed by atoms with van der Waals surface area (Å²) < 4.78 is 0. The Morgan fingerprint density at radius 1 is 1.44 bits per heavy atom. The molecule has 9 heavy (non-hydrogen) atoms. The summed E-state index contributed by atoms with van der Waals surface area (Å²) in [7, 11) is 0. The van der Waals surface area contributed by atoms with Crippen LogP contribution < -0.4 is 0 Å². The molecule has 50 valence electrons. The fraction of sp³-hybridized carbons (Fsp3) is 0.500. The minimum Gasteiger partial charge on any atom is -0.293 e. The summed E-state index contributed by atoms with van der Waals surface area (Å²) >= 11 is 9.41. The van der Waals surface area contributed by atoms with Crippen LogP contribution in [0.1, 0.15) is 20.3 Å². The van der Waals surface area contributed by atoms with Crippen LogP contribution >= 0.6 is 24.4 Å². The zero-order valence-corrected chi connectivity index (χ0v) is 7.06. The Morgan fingerprint density at radius 3 is 2.00 bits per heavy atom. The summed E-state index contributed by atoms with van der Waals surface area (Å²) in [6.07, 6.45) is 0.451. The topological polar surface area (TPSA) is 17.1 Å². The van der Waals surface area contributed by atoms with Crippen LogP contribution in [0.5, 0.6) is 0 Å². The Hall–Kier alpha value is -0.150. The smallest absolute Gasteiger partial charge is 0.174 e. The van der Waals surface area contributed by atoms with Crippen molar-refractivity contribution < 1.29 is 4.79 Å². The van der Waals surface area contributed by atoms with Crippen molar-refractivity contribution >= 4 is 39.9 Å².